The second-order valence-corrected chi connectivity index (χ2v) is 5.80. The summed E-state index contributed by atoms with van der Waals surface area (Å²) in [5, 5.41) is 0. The molecule has 0 aliphatic carbocycles. The zero-order chi connectivity index (χ0) is 11.5. The zero-order valence-corrected chi connectivity index (χ0v) is 11.6. The van der Waals surface area contributed by atoms with Gasteiger partial charge in [-0.05, 0) is 44.2 Å². The molecular formula is C14H19BrO. The van der Waals surface area contributed by atoms with Gasteiger partial charge in [0.2, 0.25) is 0 Å². The van der Waals surface area contributed by atoms with E-state index in [4.69, 9.17) is 4.74 Å². The molecule has 0 saturated carbocycles. The van der Waals surface area contributed by atoms with E-state index in [1.807, 2.05) is 0 Å². The van der Waals surface area contributed by atoms with Crippen LogP contribution in [-0.2, 0) is 4.74 Å². The van der Waals surface area contributed by atoms with Crippen LogP contribution in [0.2, 0.25) is 0 Å². The van der Waals surface area contributed by atoms with Gasteiger partial charge >= 0.3 is 0 Å². The third-order valence-electron chi connectivity index (χ3n) is 3.26. The quantitative estimate of drug-likeness (QED) is 0.751. The Hall–Kier alpha value is -0.340. The van der Waals surface area contributed by atoms with Crippen molar-refractivity contribution in [3.8, 4) is 0 Å². The molecule has 1 aromatic carbocycles. The molecule has 16 heavy (non-hydrogen) atoms. The van der Waals surface area contributed by atoms with Crippen molar-refractivity contribution in [3.63, 3.8) is 0 Å². The lowest BCUT2D eigenvalue weighted by Crippen LogP contribution is -2.08. The fourth-order valence-corrected chi connectivity index (χ4v) is 3.30. The molecular weight excluding hydrogens is 264 g/mol. The summed E-state index contributed by atoms with van der Waals surface area (Å²) in [6.07, 6.45) is 3.97. The van der Waals surface area contributed by atoms with E-state index in [-0.39, 0.29) is 0 Å². The van der Waals surface area contributed by atoms with Crippen LogP contribution in [0.3, 0.4) is 0 Å². The Kier molecular flexibility index (Phi) is 4.04. The van der Waals surface area contributed by atoms with E-state index < -0.39 is 0 Å². The zero-order valence-electron chi connectivity index (χ0n) is 10.0. The monoisotopic (exact) mass is 282 g/mol. The van der Waals surface area contributed by atoms with Crippen molar-refractivity contribution in [1.29, 1.82) is 0 Å². The largest absolute Gasteiger partial charge is 0.378 e. The van der Waals surface area contributed by atoms with Crippen LogP contribution in [0.5, 0.6) is 0 Å². The van der Waals surface area contributed by atoms with E-state index >= 15 is 0 Å². The Morgan fingerprint density at radius 1 is 1.44 bits per heavy atom. The molecule has 1 aliphatic heterocycles. The van der Waals surface area contributed by atoms with Crippen LogP contribution < -0.4 is 0 Å². The number of halogens is 1. The average Bonchev–Trinajstić information content (AvgIpc) is 2.70. The Morgan fingerprint density at radius 3 is 2.88 bits per heavy atom. The minimum atomic E-state index is 0.427. The summed E-state index contributed by atoms with van der Waals surface area (Å²) >= 11 is 3.79. The van der Waals surface area contributed by atoms with Crippen LogP contribution in [0.25, 0.3) is 0 Å². The Morgan fingerprint density at radius 2 is 2.25 bits per heavy atom. The van der Waals surface area contributed by atoms with E-state index in [1.54, 1.807) is 0 Å². The molecule has 1 heterocycles. The standard InChI is InChI=1S/C14H19BrO/c1-10-5-6-13(11(2)8-10)14(15)9-12-4-3-7-16-12/h5-6,8,12,14H,3-4,7,9H2,1-2H3. The van der Waals surface area contributed by atoms with Crippen LogP contribution in [0.1, 0.15) is 40.8 Å². The molecule has 2 rings (SSSR count). The Balaban J connectivity index is 2.04. The van der Waals surface area contributed by atoms with Crippen molar-refractivity contribution in [2.45, 2.75) is 44.0 Å². The highest BCUT2D eigenvalue weighted by molar-refractivity contribution is 9.09. The highest BCUT2D eigenvalue weighted by Crippen LogP contribution is 2.33. The summed E-state index contributed by atoms with van der Waals surface area (Å²) in [6, 6.07) is 6.67. The lowest BCUT2D eigenvalue weighted by atomic mass is 9.99. The van der Waals surface area contributed by atoms with Gasteiger partial charge in [-0.3, -0.25) is 0 Å². The third-order valence-corrected chi connectivity index (χ3v) is 4.12. The van der Waals surface area contributed by atoms with Gasteiger partial charge in [-0.1, -0.05) is 39.7 Å². The first kappa shape index (κ1) is 12.1. The predicted molar refractivity (Wildman–Crippen MR) is 71.2 cm³/mol. The molecule has 0 aromatic heterocycles. The molecule has 1 fully saturated rings. The number of alkyl halides is 1. The molecule has 88 valence electrons. The van der Waals surface area contributed by atoms with Crippen LogP contribution >= 0.6 is 15.9 Å². The first-order valence-electron chi connectivity index (χ1n) is 5.99. The number of rotatable bonds is 3. The van der Waals surface area contributed by atoms with Crippen molar-refractivity contribution < 1.29 is 4.74 Å². The van der Waals surface area contributed by atoms with Gasteiger partial charge in [0.15, 0.2) is 0 Å². The van der Waals surface area contributed by atoms with E-state index in [1.165, 1.54) is 29.5 Å². The van der Waals surface area contributed by atoms with Crippen LogP contribution in [0.15, 0.2) is 18.2 Å². The van der Waals surface area contributed by atoms with Crippen LogP contribution in [-0.4, -0.2) is 12.7 Å². The fourth-order valence-electron chi connectivity index (χ4n) is 2.37. The van der Waals surface area contributed by atoms with Gasteiger partial charge in [-0.2, -0.15) is 0 Å². The fraction of sp³-hybridized carbons (Fsp3) is 0.571. The average molecular weight is 283 g/mol. The number of ether oxygens (including phenoxy) is 1. The molecule has 1 aromatic rings. The number of hydrogen-bond acceptors (Lipinski definition) is 1. The molecule has 0 amide bonds. The highest BCUT2D eigenvalue weighted by Gasteiger charge is 2.20. The Bertz CT molecular complexity index is 356. The topological polar surface area (TPSA) is 9.23 Å². The summed E-state index contributed by atoms with van der Waals surface area (Å²) in [4.78, 5) is 0.427. The van der Waals surface area contributed by atoms with Gasteiger partial charge in [0.25, 0.3) is 0 Å². The third kappa shape index (κ3) is 2.86. The summed E-state index contributed by atoms with van der Waals surface area (Å²) in [6.45, 7) is 5.27. The summed E-state index contributed by atoms with van der Waals surface area (Å²) in [5.41, 5.74) is 4.11. The first-order chi connectivity index (χ1) is 7.66. The van der Waals surface area contributed by atoms with Crippen molar-refractivity contribution in [2.75, 3.05) is 6.61 Å². The van der Waals surface area contributed by atoms with Gasteiger partial charge in [-0.25, -0.2) is 0 Å². The van der Waals surface area contributed by atoms with Crippen molar-refractivity contribution in [1.82, 2.24) is 0 Å². The predicted octanol–water partition coefficient (Wildman–Crippen LogP) is 4.31. The molecule has 1 saturated heterocycles. The van der Waals surface area contributed by atoms with Crippen LogP contribution in [0, 0.1) is 13.8 Å². The summed E-state index contributed by atoms with van der Waals surface area (Å²) < 4.78 is 5.68. The van der Waals surface area contributed by atoms with E-state index in [9.17, 15) is 0 Å². The normalized spacial score (nSPS) is 22.3. The Labute approximate surface area is 106 Å². The molecule has 0 bridgehead atoms. The lowest BCUT2D eigenvalue weighted by Gasteiger charge is -2.17. The van der Waals surface area contributed by atoms with E-state index in [2.05, 4.69) is 48.0 Å². The molecule has 0 spiro atoms. The van der Waals surface area contributed by atoms with Gasteiger partial charge in [-0.15, -0.1) is 0 Å². The molecule has 2 heteroatoms. The molecule has 2 unspecified atom stereocenters. The number of hydrogen-bond donors (Lipinski definition) is 0. The van der Waals surface area contributed by atoms with Crippen molar-refractivity contribution in [3.05, 3.63) is 34.9 Å². The maximum Gasteiger partial charge on any atom is 0.0589 e. The SMILES string of the molecule is Cc1ccc(C(Br)CC2CCCO2)c(C)c1. The summed E-state index contributed by atoms with van der Waals surface area (Å²) in [5.74, 6) is 0. The van der Waals surface area contributed by atoms with E-state index in [0.717, 1.165) is 13.0 Å². The van der Waals surface area contributed by atoms with Crippen molar-refractivity contribution >= 4 is 15.9 Å². The van der Waals surface area contributed by atoms with Gasteiger partial charge in [0.05, 0.1) is 6.10 Å². The van der Waals surface area contributed by atoms with Crippen LogP contribution in [0.4, 0.5) is 0 Å². The second-order valence-electron chi connectivity index (χ2n) is 4.70. The molecule has 0 N–H and O–H groups in total. The second kappa shape index (κ2) is 5.33. The minimum absolute atomic E-state index is 0.427. The first-order valence-corrected chi connectivity index (χ1v) is 6.91. The molecule has 0 radical (unpaired) electrons. The van der Waals surface area contributed by atoms with Crippen molar-refractivity contribution in [2.24, 2.45) is 0 Å². The number of aryl methyl sites for hydroxylation is 2. The lowest BCUT2D eigenvalue weighted by molar-refractivity contribution is 0.104. The molecule has 1 nitrogen and oxygen atoms in total. The maximum absolute atomic E-state index is 5.68. The maximum atomic E-state index is 5.68. The molecule has 2 atom stereocenters. The highest BCUT2D eigenvalue weighted by atomic mass is 79.9. The van der Waals surface area contributed by atoms with Gasteiger partial charge in [0.1, 0.15) is 0 Å². The smallest absolute Gasteiger partial charge is 0.0589 e. The van der Waals surface area contributed by atoms with Gasteiger partial charge in [0, 0.05) is 11.4 Å². The number of benzene rings is 1. The van der Waals surface area contributed by atoms with E-state index in [0.29, 0.717) is 10.9 Å². The minimum Gasteiger partial charge on any atom is -0.378 e. The van der Waals surface area contributed by atoms with Gasteiger partial charge < -0.3 is 4.74 Å². The molecule has 1 aliphatic rings. The summed E-state index contributed by atoms with van der Waals surface area (Å²) in [7, 11) is 0.